The maximum atomic E-state index is 15.4. The number of aromatic nitrogens is 5. The maximum absolute atomic E-state index is 15.4. The molecule has 0 aliphatic heterocycles. The Morgan fingerprint density at radius 3 is 2.86 bits per heavy atom. The summed E-state index contributed by atoms with van der Waals surface area (Å²) in [4.78, 5) is 4.31. The molecule has 1 aromatic carbocycles. The fourth-order valence-electron chi connectivity index (χ4n) is 4.13. The first-order valence-electron chi connectivity index (χ1n) is 9.55. The summed E-state index contributed by atoms with van der Waals surface area (Å²) >= 11 is 0. The molecular formula is C21H20F2N6. The van der Waals surface area contributed by atoms with E-state index in [1.165, 1.54) is 6.07 Å². The van der Waals surface area contributed by atoms with Crippen LogP contribution in [0.2, 0.25) is 0 Å². The number of hydrogen-bond acceptors (Lipinski definition) is 4. The second-order valence-electron chi connectivity index (χ2n) is 7.50. The second-order valence-corrected chi connectivity index (χ2v) is 7.50. The molecule has 3 heterocycles. The van der Waals surface area contributed by atoms with E-state index in [-0.39, 0.29) is 17.3 Å². The minimum absolute atomic E-state index is 0.0826. The molecule has 0 saturated carbocycles. The van der Waals surface area contributed by atoms with Crippen LogP contribution >= 0.6 is 0 Å². The summed E-state index contributed by atoms with van der Waals surface area (Å²) in [7, 11) is 3.69. The molecule has 148 valence electrons. The van der Waals surface area contributed by atoms with E-state index < -0.39 is 11.6 Å². The molecule has 1 aliphatic rings. The summed E-state index contributed by atoms with van der Waals surface area (Å²) < 4.78 is 32.0. The molecule has 0 radical (unpaired) electrons. The molecule has 0 fully saturated rings. The third-order valence-corrected chi connectivity index (χ3v) is 5.71. The van der Waals surface area contributed by atoms with Crippen molar-refractivity contribution in [3.8, 4) is 22.5 Å². The summed E-state index contributed by atoms with van der Waals surface area (Å²) in [5.74, 6) is -1.10. The summed E-state index contributed by atoms with van der Waals surface area (Å²) in [5, 5.41) is 15.4. The summed E-state index contributed by atoms with van der Waals surface area (Å²) in [5.41, 5.74) is 3.69. The van der Waals surface area contributed by atoms with Gasteiger partial charge < -0.3 is 5.32 Å². The minimum atomic E-state index is -0.581. The van der Waals surface area contributed by atoms with Gasteiger partial charge in [0.15, 0.2) is 0 Å². The smallest absolute Gasteiger partial charge is 0.139 e. The molecule has 8 heteroatoms. The molecule has 5 rings (SSSR count). The first-order valence-corrected chi connectivity index (χ1v) is 9.55. The van der Waals surface area contributed by atoms with Crippen LogP contribution in [0.3, 0.4) is 0 Å². The minimum Gasteiger partial charge on any atom is -0.317 e. The van der Waals surface area contributed by atoms with Crippen molar-refractivity contribution in [2.75, 3.05) is 7.05 Å². The zero-order valence-corrected chi connectivity index (χ0v) is 16.1. The lowest BCUT2D eigenvalue weighted by atomic mass is 9.86. The van der Waals surface area contributed by atoms with Crippen molar-refractivity contribution in [2.24, 2.45) is 7.05 Å². The van der Waals surface area contributed by atoms with Crippen LogP contribution in [0.25, 0.3) is 33.4 Å². The Balaban J connectivity index is 1.66. The fraction of sp³-hybridized carbons (Fsp3) is 0.286. The second kappa shape index (κ2) is 6.73. The standard InChI is InChI=1S/C21H20F2N6/c1-24-13-4-3-11-5-16(22)19(20(23)14(11)6-13)17-7-15-18(9-25-17)27-28-21(15)12-8-26-29(2)10-12/h5,7-10,13,24H,3-4,6H2,1-2H3,(H,27,28). The van der Waals surface area contributed by atoms with Gasteiger partial charge in [0, 0.05) is 30.2 Å². The molecule has 1 unspecified atom stereocenters. The van der Waals surface area contributed by atoms with Gasteiger partial charge in [-0.05, 0) is 49.6 Å². The van der Waals surface area contributed by atoms with E-state index in [1.54, 1.807) is 23.1 Å². The average molecular weight is 394 g/mol. The number of fused-ring (bicyclic) bond motifs is 2. The Hall–Kier alpha value is -3.13. The number of likely N-dealkylation sites (N-methyl/N-ethyl adjacent to an activating group) is 1. The monoisotopic (exact) mass is 394 g/mol. The molecule has 4 aromatic rings. The Labute approximate surface area is 166 Å². The van der Waals surface area contributed by atoms with Crippen molar-refractivity contribution in [3.05, 3.63) is 53.5 Å². The first kappa shape index (κ1) is 17.9. The van der Waals surface area contributed by atoms with Crippen LogP contribution in [0.15, 0.2) is 30.7 Å². The zero-order valence-electron chi connectivity index (χ0n) is 16.1. The van der Waals surface area contributed by atoms with Gasteiger partial charge in [-0.2, -0.15) is 10.2 Å². The largest absolute Gasteiger partial charge is 0.317 e. The van der Waals surface area contributed by atoms with Gasteiger partial charge in [0.25, 0.3) is 0 Å². The van der Waals surface area contributed by atoms with Crippen molar-refractivity contribution in [3.63, 3.8) is 0 Å². The van der Waals surface area contributed by atoms with Gasteiger partial charge in [0.05, 0.1) is 29.2 Å². The highest BCUT2D eigenvalue weighted by atomic mass is 19.1. The van der Waals surface area contributed by atoms with Crippen molar-refractivity contribution in [1.82, 2.24) is 30.3 Å². The van der Waals surface area contributed by atoms with Gasteiger partial charge in [0.2, 0.25) is 0 Å². The zero-order chi connectivity index (χ0) is 20.1. The molecule has 6 nitrogen and oxygen atoms in total. The molecular weight excluding hydrogens is 374 g/mol. The number of rotatable bonds is 3. The number of nitrogens with zero attached hydrogens (tertiary/aromatic N) is 4. The Morgan fingerprint density at radius 1 is 1.24 bits per heavy atom. The number of H-pyrrole nitrogens is 1. The molecule has 1 aliphatic carbocycles. The summed E-state index contributed by atoms with van der Waals surface area (Å²) in [6.45, 7) is 0. The van der Waals surface area contributed by atoms with Gasteiger partial charge in [0.1, 0.15) is 17.3 Å². The number of aromatic amines is 1. The maximum Gasteiger partial charge on any atom is 0.139 e. The van der Waals surface area contributed by atoms with Gasteiger partial charge in [-0.15, -0.1) is 0 Å². The predicted octanol–water partition coefficient (Wildman–Crippen LogP) is 3.38. The fourth-order valence-corrected chi connectivity index (χ4v) is 4.13. The van der Waals surface area contributed by atoms with E-state index in [4.69, 9.17) is 0 Å². The van der Waals surface area contributed by atoms with E-state index in [0.717, 1.165) is 22.9 Å². The third-order valence-electron chi connectivity index (χ3n) is 5.71. The third kappa shape index (κ3) is 2.91. The molecule has 0 saturated heterocycles. The quantitative estimate of drug-likeness (QED) is 0.559. The van der Waals surface area contributed by atoms with Gasteiger partial charge in [-0.3, -0.25) is 14.8 Å². The Kier molecular flexibility index (Phi) is 4.16. The van der Waals surface area contributed by atoms with Crippen LogP contribution in [-0.4, -0.2) is 38.1 Å². The van der Waals surface area contributed by atoms with Crippen molar-refractivity contribution in [2.45, 2.75) is 25.3 Å². The normalized spacial score (nSPS) is 16.3. The summed E-state index contributed by atoms with van der Waals surface area (Å²) in [6.07, 6.45) is 7.18. The molecule has 29 heavy (non-hydrogen) atoms. The van der Waals surface area contributed by atoms with Gasteiger partial charge >= 0.3 is 0 Å². The lowest BCUT2D eigenvalue weighted by Gasteiger charge is -2.25. The molecule has 0 amide bonds. The Morgan fingerprint density at radius 2 is 2.10 bits per heavy atom. The number of hydrogen-bond donors (Lipinski definition) is 2. The van der Waals surface area contributed by atoms with E-state index in [0.29, 0.717) is 29.6 Å². The highest BCUT2D eigenvalue weighted by Crippen LogP contribution is 2.35. The average Bonchev–Trinajstić information content (AvgIpc) is 3.33. The van der Waals surface area contributed by atoms with Crippen LogP contribution in [0.4, 0.5) is 8.78 Å². The van der Waals surface area contributed by atoms with E-state index in [2.05, 4.69) is 25.6 Å². The topological polar surface area (TPSA) is 71.4 Å². The molecule has 2 N–H and O–H groups in total. The first-order chi connectivity index (χ1) is 14.0. The Bertz CT molecular complexity index is 1230. The van der Waals surface area contributed by atoms with Crippen LogP contribution in [0.1, 0.15) is 17.5 Å². The number of halogens is 2. The van der Waals surface area contributed by atoms with Crippen molar-refractivity contribution < 1.29 is 8.78 Å². The SMILES string of the molecule is CNC1CCc2cc(F)c(-c3cc4c(-c5cnn(C)c5)n[nH]c4cn3)c(F)c2C1. The van der Waals surface area contributed by atoms with Crippen molar-refractivity contribution >= 4 is 10.9 Å². The van der Waals surface area contributed by atoms with Crippen LogP contribution in [0, 0.1) is 11.6 Å². The predicted molar refractivity (Wildman–Crippen MR) is 106 cm³/mol. The summed E-state index contributed by atoms with van der Waals surface area (Å²) in [6, 6.07) is 3.34. The van der Waals surface area contributed by atoms with E-state index in [9.17, 15) is 4.39 Å². The molecule has 3 aromatic heterocycles. The number of benzene rings is 1. The van der Waals surface area contributed by atoms with Gasteiger partial charge in [-0.25, -0.2) is 8.78 Å². The number of pyridine rings is 1. The lowest BCUT2D eigenvalue weighted by Crippen LogP contribution is -2.32. The number of nitrogens with one attached hydrogen (secondary N) is 2. The molecule has 0 bridgehead atoms. The van der Waals surface area contributed by atoms with E-state index >= 15 is 4.39 Å². The highest BCUT2D eigenvalue weighted by Gasteiger charge is 2.26. The lowest BCUT2D eigenvalue weighted by molar-refractivity contribution is 0.472. The van der Waals surface area contributed by atoms with Crippen LogP contribution < -0.4 is 5.32 Å². The highest BCUT2D eigenvalue weighted by molar-refractivity contribution is 5.94. The number of aryl methyl sites for hydroxylation is 2. The van der Waals surface area contributed by atoms with Crippen molar-refractivity contribution in [1.29, 1.82) is 0 Å². The molecule has 0 spiro atoms. The van der Waals surface area contributed by atoms with Gasteiger partial charge in [-0.1, -0.05) is 0 Å². The molecule has 1 atom stereocenters. The van der Waals surface area contributed by atoms with Crippen LogP contribution in [-0.2, 0) is 19.9 Å². The van der Waals surface area contributed by atoms with Crippen LogP contribution in [0.5, 0.6) is 0 Å². The van der Waals surface area contributed by atoms with E-state index in [1.807, 2.05) is 20.3 Å².